The highest BCUT2D eigenvalue weighted by molar-refractivity contribution is 5.95. The van der Waals surface area contributed by atoms with Gasteiger partial charge in [-0.1, -0.05) is 76.7 Å². The van der Waals surface area contributed by atoms with Crippen LogP contribution in [0.3, 0.4) is 0 Å². The minimum Gasteiger partial charge on any atom is -0.464 e. The van der Waals surface area contributed by atoms with Crippen molar-refractivity contribution in [2.24, 2.45) is 0 Å². The van der Waals surface area contributed by atoms with Gasteiger partial charge in [0.2, 0.25) is 0 Å². The van der Waals surface area contributed by atoms with Crippen molar-refractivity contribution in [1.29, 1.82) is 0 Å². The van der Waals surface area contributed by atoms with Gasteiger partial charge in [0.25, 0.3) is 5.91 Å². The Kier molecular flexibility index (Phi) is 8.63. The van der Waals surface area contributed by atoms with E-state index >= 15 is 0 Å². The number of hydrogen-bond acceptors (Lipinski definition) is 4. The SMILES string of the molecule is C.CCOC(=O)[C@@H](NC(=O)c1ccc(Cc2cc(C(C)(C)C)ccc2C)o1)c1ccccc1. The highest BCUT2D eigenvalue weighted by Gasteiger charge is 2.26. The lowest BCUT2D eigenvalue weighted by Gasteiger charge is -2.20. The van der Waals surface area contributed by atoms with Crippen molar-refractivity contribution < 1.29 is 18.7 Å². The van der Waals surface area contributed by atoms with Crippen molar-refractivity contribution in [3.05, 3.63) is 94.4 Å². The van der Waals surface area contributed by atoms with E-state index in [-0.39, 0.29) is 25.2 Å². The Morgan fingerprint density at radius 2 is 1.73 bits per heavy atom. The van der Waals surface area contributed by atoms with Gasteiger partial charge in [-0.25, -0.2) is 4.79 Å². The van der Waals surface area contributed by atoms with E-state index in [9.17, 15) is 9.59 Å². The van der Waals surface area contributed by atoms with Gasteiger partial charge in [0, 0.05) is 6.42 Å². The Labute approximate surface area is 197 Å². The molecule has 0 aliphatic rings. The molecule has 0 bridgehead atoms. The molecule has 5 heteroatoms. The topological polar surface area (TPSA) is 68.5 Å². The summed E-state index contributed by atoms with van der Waals surface area (Å²) in [6, 6.07) is 18.0. The van der Waals surface area contributed by atoms with Crippen LogP contribution in [0.4, 0.5) is 0 Å². The summed E-state index contributed by atoms with van der Waals surface area (Å²) in [4.78, 5) is 25.3. The summed E-state index contributed by atoms with van der Waals surface area (Å²) in [5.74, 6) is -0.113. The highest BCUT2D eigenvalue weighted by atomic mass is 16.5. The summed E-state index contributed by atoms with van der Waals surface area (Å²) in [5, 5.41) is 2.74. The summed E-state index contributed by atoms with van der Waals surface area (Å²) < 4.78 is 11.0. The third-order valence-electron chi connectivity index (χ3n) is 5.40. The molecule has 0 saturated carbocycles. The van der Waals surface area contributed by atoms with Gasteiger partial charge in [-0.2, -0.15) is 0 Å². The number of aryl methyl sites for hydroxylation is 1. The molecule has 33 heavy (non-hydrogen) atoms. The van der Waals surface area contributed by atoms with Gasteiger partial charge in [0.15, 0.2) is 11.8 Å². The highest BCUT2D eigenvalue weighted by Crippen LogP contribution is 2.26. The molecule has 2 aromatic carbocycles. The molecule has 1 amide bonds. The van der Waals surface area contributed by atoms with Gasteiger partial charge in [-0.15, -0.1) is 0 Å². The molecule has 3 rings (SSSR count). The summed E-state index contributed by atoms with van der Waals surface area (Å²) in [6.45, 7) is 10.6. The molecule has 0 aliphatic carbocycles. The molecule has 1 heterocycles. The molecule has 176 valence electrons. The van der Waals surface area contributed by atoms with Gasteiger partial charge in [0.1, 0.15) is 5.76 Å². The molecule has 0 radical (unpaired) electrons. The van der Waals surface area contributed by atoms with Crippen molar-refractivity contribution in [3.8, 4) is 0 Å². The third-order valence-corrected chi connectivity index (χ3v) is 5.40. The minimum absolute atomic E-state index is 0. The van der Waals surface area contributed by atoms with E-state index in [1.165, 1.54) is 11.1 Å². The minimum atomic E-state index is -0.900. The zero-order chi connectivity index (χ0) is 23.3. The normalized spacial score (nSPS) is 11.9. The largest absolute Gasteiger partial charge is 0.464 e. The molecule has 0 aliphatic heterocycles. The fourth-order valence-electron chi connectivity index (χ4n) is 3.46. The first-order valence-electron chi connectivity index (χ1n) is 10.9. The summed E-state index contributed by atoms with van der Waals surface area (Å²) in [5.41, 5.74) is 4.29. The molecule has 1 N–H and O–H groups in total. The maximum Gasteiger partial charge on any atom is 0.333 e. The third kappa shape index (κ3) is 6.58. The summed E-state index contributed by atoms with van der Waals surface area (Å²) in [7, 11) is 0. The fraction of sp³-hybridized carbons (Fsp3) is 0.357. The summed E-state index contributed by atoms with van der Waals surface area (Å²) in [6.07, 6.45) is 0.586. The van der Waals surface area contributed by atoms with Crippen molar-refractivity contribution in [2.45, 2.75) is 59.9 Å². The van der Waals surface area contributed by atoms with Crippen LogP contribution >= 0.6 is 0 Å². The number of hydrogen-bond donors (Lipinski definition) is 1. The maximum atomic E-state index is 12.8. The van der Waals surface area contributed by atoms with E-state index in [0.717, 1.165) is 5.56 Å². The second kappa shape index (κ2) is 11.0. The zero-order valence-corrected chi connectivity index (χ0v) is 19.4. The Bertz CT molecular complexity index is 1080. The van der Waals surface area contributed by atoms with Crippen LogP contribution in [0, 0.1) is 6.92 Å². The smallest absolute Gasteiger partial charge is 0.333 e. The number of furan rings is 1. The van der Waals surface area contributed by atoms with Crippen molar-refractivity contribution >= 4 is 11.9 Å². The van der Waals surface area contributed by atoms with Gasteiger partial charge in [-0.05, 0) is 53.6 Å². The number of carbonyl (C=O) groups excluding carboxylic acids is 2. The molecule has 1 aromatic heterocycles. The molecule has 5 nitrogen and oxygen atoms in total. The van der Waals surface area contributed by atoms with Crippen LogP contribution in [-0.2, 0) is 21.4 Å². The van der Waals surface area contributed by atoms with Gasteiger partial charge in [0.05, 0.1) is 6.61 Å². The van der Waals surface area contributed by atoms with E-state index in [1.54, 1.807) is 31.2 Å². The number of rotatable bonds is 7. The van der Waals surface area contributed by atoms with E-state index < -0.39 is 17.9 Å². The Morgan fingerprint density at radius 1 is 1.03 bits per heavy atom. The Hall–Kier alpha value is -3.34. The van der Waals surface area contributed by atoms with Gasteiger partial charge >= 0.3 is 5.97 Å². The number of amides is 1. The van der Waals surface area contributed by atoms with Crippen LogP contribution < -0.4 is 5.32 Å². The standard InChI is InChI=1S/C27H31NO4.CH4/c1-6-31-26(30)24(19-10-8-7-9-11-19)28-25(29)23-15-14-22(32-23)17-20-16-21(27(3,4)5)13-12-18(20)2;/h7-16,24H,6,17H2,1-5H3,(H,28,29);1H4/t24-;/m0./s1. The summed E-state index contributed by atoms with van der Waals surface area (Å²) >= 11 is 0. The lowest BCUT2D eigenvalue weighted by molar-refractivity contribution is -0.145. The fourth-order valence-corrected chi connectivity index (χ4v) is 3.46. The molecule has 0 unspecified atom stereocenters. The predicted molar refractivity (Wildman–Crippen MR) is 131 cm³/mol. The monoisotopic (exact) mass is 449 g/mol. The van der Waals surface area contributed by atoms with Gasteiger partial charge < -0.3 is 14.5 Å². The number of nitrogens with one attached hydrogen (secondary N) is 1. The quantitative estimate of drug-likeness (QED) is 0.440. The lowest BCUT2D eigenvalue weighted by atomic mass is 9.85. The molecule has 1 atom stereocenters. The van der Waals surface area contributed by atoms with Crippen molar-refractivity contribution in [1.82, 2.24) is 5.32 Å². The van der Waals surface area contributed by atoms with Crippen LogP contribution in [0.2, 0.25) is 0 Å². The van der Waals surface area contributed by atoms with Crippen LogP contribution in [0.1, 0.15) is 79.7 Å². The van der Waals surface area contributed by atoms with Crippen molar-refractivity contribution in [3.63, 3.8) is 0 Å². The number of ether oxygens (including phenoxy) is 1. The average molecular weight is 450 g/mol. The first-order valence-corrected chi connectivity index (χ1v) is 10.9. The Morgan fingerprint density at radius 3 is 2.36 bits per heavy atom. The Balaban J connectivity index is 0.00000385. The number of benzene rings is 2. The van der Waals surface area contributed by atoms with E-state index in [2.05, 4.69) is 51.2 Å². The van der Waals surface area contributed by atoms with E-state index in [0.29, 0.717) is 17.7 Å². The van der Waals surface area contributed by atoms with E-state index in [1.807, 2.05) is 18.2 Å². The zero-order valence-electron chi connectivity index (χ0n) is 19.4. The molecule has 0 fully saturated rings. The molecule has 0 spiro atoms. The number of esters is 1. The van der Waals surface area contributed by atoms with Crippen LogP contribution in [0.5, 0.6) is 0 Å². The first-order chi connectivity index (χ1) is 15.2. The maximum absolute atomic E-state index is 12.8. The predicted octanol–water partition coefficient (Wildman–Crippen LogP) is 6.15. The molecule has 3 aromatic rings. The van der Waals surface area contributed by atoms with Crippen LogP contribution in [-0.4, -0.2) is 18.5 Å². The second-order valence-corrected chi connectivity index (χ2v) is 8.90. The molecular formula is C28H35NO4. The van der Waals surface area contributed by atoms with Gasteiger partial charge in [-0.3, -0.25) is 4.79 Å². The van der Waals surface area contributed by atoms with E-state index in [4.69, 9.17) is 9.15 Å². The van der Waals surface area contributed by atoms with Crippen LogP contribution in [0.25, 0.3) is 0 Å². The molecular weight excluding hydrogens is 414 g/mol. The second-order valence-electron chi connectivity index (χ2n) is 8.90. The van der Waals surface area contributed by atoms with Crippen molar-refractivity contribution in [2.75, 3.05) is 6.61 Å². The lowest BCUT2D eigenvalue weighted by Crippen LogP contribution is -2.34. The molecule has 0 saturated heterocycles. The number of carbonyl (C=O) groups is 2. The van der Waals surface area contributed by atoms with Crippen LogP contribution in [0.15, 0.2) is 65.1 Å². The first kappa shape index (κ1) is 25.9. The average Bonchev–Trinajstić information content (AvgIpc) is 3.22.